The quantitative estimate of drug-likeness (QED) is 0.807. The third-order valence-electron chi connectivity index (χ3n) is 3.13. The molecular formula is C16H16FNO5S. The summed E-state index contributed by atoms with van der Waals surface area (Å²) in [6.07, 6.45) is 0. The Morgan fingerprint density at radius 3 is 2.42 bits per heavy atom. The van der Waals surface area contributed by atoms with Crippen LogP contribution in [0.4, 0.5) is 10.1 Å². The van der Waals surface area contributed by atoms with E-state index in [0.717, 1.165) is 12.1 Å². The van der Waals surface area contributed by atoms with Gasteiger partial charge in [-0.15, -0.1) is 0 Å². The number of hydrogen-bond donors (Lipinski definition) is 1. The number of hydrogen-bond acceptors (Lipinski definition) is 5. The summed E-state index contributed by atoms with van der Waals surface area (Å²) in [6.45, 7) is 1.39. The second-order valence-corrected chi connectivity index (χ2v) is 6.59. The zero-order valence-corrected chi connectivity index (χ0v) is 13.9. The van der Waals surface area contributed by atoms with E-state index in [1.165, 1.54) is 37.4 Å². The van der Waals surface area contributed by atoms with Gasteiger partial charge < -0.3 is 9.47 Å². The number of aryl methyl sites for hydroxylation is 1. The molecule has 24 heavy (non-hydrogen) atoms. The first-order chi connectivity index (χ1) is 11.3. The molecule has 0 unspecified atom stereocenters. The zero-order chi connectivity index (χ0) is 17.7. The van der Waals surface area contributed by atoms with Crippen LogP contribution in [0.15, 0.2) is 47.4 Å². The van der Waals surface area contributed by atoms with Crippen molar-refractivity contribution in [2.75, 3.05) is 18.4 Å². The van der Waals surface area contributed by atoms with Gasteiger partial charge in [0.15, 0.2) is 6.61 Å². The lowest BCUT2D eigenvalue weighted by atomic mass is 10.2. The molecular weight excluding hydrogens is 337 g/mol. The molecule has 0 amide bonds. The Bertz CT molecular complexity index is 834. The van der Waals surface area contributed by atoms with Crippen LogP contribution in [-0.2, 0) is 19.6 Å². The second-order valence-electron chi connectivity index (χ2n) is 4.90. The van der Waals surface area contributed by atoms with Gasteiger partial charge in [-0.3, -0.25) is 4.72 Å². The molecule has 0 saturated carbocycles. The molecule has 2 aromatic carbocycles. The SMILES string of the molecule is COC(=O)COc1ccc(S(=O)(=O)Nc2ccc(F)cc2)cc1C. The standard InChI is InChI=1S/C16H16FNO5S/c1-11-9-14(7-8-15(11)23-10-16(19)22-2)24(20,21)18-13-5-3-12(17)4-6-13/h3-9,18H,10H2,1-2H3. The van der Waals surface area contributed by atoms with Gasteiger partial charge in [-0.1, -0.05) is 0 Å². The van der Waals surface area contributed by atoms with Crippen LogP contribution in [0.1, 0.15) is 5.56 Å². The van der Waals surface area contributed by atoms with Crippen molar-refractivity contribution in [2.45, 2.75) is 11.8 Å². The number of methoxy groups -OCH3 is 1. The first kappa shape index (κ1) is 17.7. The smallest absolute Gasteiger partial charge is 0.343 e. The Balaban J connectivity index is 2.17. The van der Waals surface area contributed by atoms with Gasteiger partial charge >= 0.3 is 5.97 Å². The molecule has 8 heteroatoms. The van der Waals surface area contributed by atoms with Gasteiger partial charge in [0, 0.05) is 5.69 Å². The molecule has 0 aliphatic heterocycles. The minimum atomic E-state index is -3.82. The van der Waals surface area contributed by atoms with Crippen LogP contribution in [0.5, 0.6) is 5.75 Å². The highest BCUT2D eigenvalue weighted by Gasteiger charge is 2.16. The monoisotopic (exact) mass is 353 g/mol. The van der Waals surface area contributed by atoms with E-state index < -0.39 is 21.8 Å². The van der Waals surface area contributed by atoms with Crippen molar-refractivity contribution in [1.29, 1.82) is 0 Å². The van der Waals surface area contributed by atoms with Crippen LogP contribution in [0.3, 0.4) is 0 Å². The summed E-state index contributed by atoms with van der Waals surface area (Å²) in [6, 6.07) is 9.20. The molecule has 0 aliphatic carbocycles. The molecule has 6 nitrogen and oxygen atoms in total. The summed E-state index contributed by atoms with van der Waals surface area (Å²) in [5.41, 5.74) is 0.793. The average molecular weight is 353 g/mol. The Labute approximate surface area is 139 Å². The van der Waals surface area contributed by atoms with Crippen LogP contribution in [-0.4, -0.2) is 28.1 Å². The van der Waals surface area contributed by atoms with E-state index in [-0.39, 0.29) is 17.2 Å². The van der Waals surface area contributed by atoms with Crippen molar-refractivity contribution in [2.24, 2.45) is 0 Å². The van der Waals surface area contributed by atoms with E-state index in [4.69, 9.17) is 4.74 Å². The number of ether oxygens (including phenoxy) is 2. The number of anilines is 1. The molecule has 0 spiro atoms. The van der Waals surface area contributed by atoms with Gasteiger partial charge in [-0.25, -0.2) is 17.6 Å². The average Bonchev–Trinajstić information content (AvgIpc) is 2.55. The number of carbonyl (C=O) groups excluding carboxylic acids is 1. The molecule has 0 aromatic heterocycles. The summed E-state index contributed by atoms with van der Waals surface area (Å²) in [7, 11) is -2.58. The largest absolute Gasteiger partial charge is 0.482 e. The fraction of sp³-hybridized carbons (Fsp3) is 0.188. The van der Waals surface area contributed by atoms with Crippen LogP contribution >= 0.6 is 0 Å². The highest BCUT2D eigenvalue weighted by Crippen LogP contribution is 2.23. The lowest BCUT2D eigenvalue weighted by Gasteiger charge is -2.11. The summed E-state index contributed by atoms with van der Waals surface area (Å²) in [5.74, 6) is -0.619. The Hall–Kier alpha value is -2.61. The Morgan fingerprint density at radius 2 is 1.83 bits per heavy atom. The van der Waals surface area contributed by atoms with Gasteiger partial charge in [0.2, 0.25) is 0 Å². The minimum Gasteiger partial charge on any atom is -0.482 e. The van der Waals surface area contributed by atoms with E-state index in [2.05, 4.69) is 9.46 Å². The summed E-state index contributed by atoms with van der Waals surface area (Å²) in [4.78, 5) is 11.1. The zero-order valence-electron chi connectivity index (χ0n) is 13.1. The van der Waals surface area contributed by atoms with Crippen LogP contribution in [0.25, 0.3) is 0 Å². The lowest BCUT2D eigenvalue weighted by molar-refractivity contribution is -0.142. The highest BCUT2D eigenvalue weighted by molar-refractivity contribution is 7.92. The van der Waals surface area contributed by atoms with Crippen molar-refractivity contribution >= 4 is 21.7 Å². The molecule has 1 N–H and O–H groups in total. The molecule has 0 bridgehead atoms. The fourth-order valence-corrected chi connectivity index (χ4v) is 3.02. The second kappa shape index (κ2) is 7.31. The number of rotatable bonds is 6. The van der Waals surface area contributed by atoms with Gasteiger partial charge in [-0.05, 0) is 55.0 Å². The number of sulfonamides is 1. The van der Waals surface area contributed by atoms with E-state index in [0.29, 0.717) is 11.3 Å². The van der Waals surface area contributed by atoms with Crippen LogP contribution in [0.2, 0.25) is 0 Å². The van der Waals surface area contributed by atoms with Gasteiger partial charge in [-0.2, -0.15) is 0 Å². The third kappa shape index (κ3) is 4.45. The van der Waals surface area contributed by atoms with E-state index >= 15 is 0 Å². The number of esters is 1. The van der Waals surface area contributed by atoms with E-state index in [1.807, 2.05) is 0 Å². The van der Waals surface area contributed by atoms with Crippen LogP contribution < -0.4 is 9.46 Å². The maximum atomic E-state index is 12.9. The molecule has 0 heterocycles. The summed E-state index contributed by atoms with van der Waals surface area (Å²) in [5, 5.41) is 0. The topological polar surface area (TPSA) is 81.7 Å². The predicted octanol–water partition coefficient (Wildman–Crippen LogP) is 2.49. The van der Waals surface area contributed by atoms with Gasteiger partial charge in [0.05, 0.1) is 12.0 Å². The predicted molar refractivity (Wildman–Crippen MR) is 85.9 cm³/mol. The number of halogens is 1. The highest BCUT2D eigenvalue weighted by atomic mass is 32.2. The molecule has 0 fully saturated rings. The van der Waals surface area contributed by atoms with Crippen molar-refractivity contribution in [3.63, 3.8) is 0 Å². The van der Waals surface area contributed by atoms with Gasteiger partial charge in [0.25, 0.3) is 10.0 Å². The van der Waals surface area contributed by atoms with Gasteiger partial charge in [0.1, 0.15) is 11.6 Å². The number of benzene rings is 2. The molecule has 0 aliphatic rings. The summed E-state index contributed by atoms with van der Waals surface area (Å²) >= 11 is 0. The van der Waals surface area contributed by atoms with E-state index in [9.17, 15) is 17.6 Å². The van der Waals surface area contributed by atoms with Crippen molar-refractivity contribution in [3.05, 3.63) is 53.8 Å². The maximum absolute atomic E-state index is 12.9. The first-order valence-corrected chi connectivity index (χ1v) is 8.39. The molecule has 2 aromatic rings. The maximum Gasteiger partial charge on any atom is 0.343 e. The fourth-order valence-electron chi connectivity index (χ4n) is 1.88. The summed E-state index contributed by atoms with van der Waals surface area (Å²) < 4.78 is 49.6. The van der Waals surface area contributed by atoms with Crippen LogP contribution in [0, 0.1) is 12.7 Å². The molecule has 128 valence electrons. The first-order valence-electron chi connectivity index (χ1n) is 6.90. The lowest BCUT2D eigenvalue weighted by Crippen LogP contribution is -2.15. The molecule has 2 rings (SSSR count). The minimum absolute atomic E-state index is 0.0229. The molecule has 0 atom stereocenters. The molecule has 0 radical (unpaired) electrons. The molecule has 0 saturated heterocycles. The third-order valence-corrected chi connectivity index (χ3v) is 4.51. The Morgan fingerprint density at radius 1 is 1.17 bits per heavy atom. The van der Waals surface area contributed by atoms with Crippen molar-refractivity contribution in [3.8, 4) is 5.75 Å². The van der Waals surface area contributed by atoms with Crippen molar-refractivity contribution in [1.82, 2.24) is 0 Å². The van der Waals surface area contributed by atoms with Crippen molar-refractivity contribution < 1.29 is 27.1 Å². The Kier molecular flexibility index (Phi) is 5.40. The van der Waals surface area contributed by atoms with E-state index in [1.54, 1.807) is 6.92 Å². The normalized spacial score (nSPS) is 11.0. The number of carbonyl (C=O) groups is 1. The number of nitrogens with one attached hydrogen (secondary N) is 1.